The number of carbonyl (C=O) groups is 1. The highest BCUT2D eigenvalue weighted by Crippen LogP contribution is 2.34. The summed E-state index contributed by atoms with van der Waals surface area (Å²) in [4.78, 5) is 21.1. The van der Waals surface area contributed by atoms with E-state index in [4.69, 9.17) is 4.74 Å². The molecular formula is C23H28F3N3O2S. The average molecular weight is 468 g/mol. The smallest absolute Gasteiger partial charge is 0.416 e. The van der Waals surface area contributed by atoms with Crippen LogP contribution >= 0.6 is 11.3 Å². The largest absolute Gasteiger partial charge is 0.491 e. The first-order chi connectivity index (χ1) is 15.1. The van der Waals surface area contributed by atoms with Crippen LogP contribution in [-0.2, 0) is 12.7 Å². The van der Waals surface area contributed by atoms with Crippen LogP contribution in [0.5, 0.6) is 5.75 Å². The van der Waals surface area contributed by atoms with Crippen LogP contribution in [-0.4, -0.2) is 41.6 Å². The van der Waals surface area contributed by atoms with E-state index < -0.39 is 17.6 Å². The second-order valence-electron chi connectivity index (χ2n) is 8.79. The molecule has 0 unspecified atom stereocenters. The van der Waals surface area contributed by atoms with E-state index in [2.05, 4.69) is 9.89 Å². The maximum absolute atomic E-state index is 13.4. The molecule has 1 saturated heterocycles. The van der Waals surface area contributed by atoms with Crippen LogP contribution in [0.2, 0.25) is 0 Å². The van der Waals surface area contributed by atoms with Crippen LogP contribution in [0.3, 0.4) is 0 Å². The van der Waals surface area contributed by atoms with Crippen LogP contribution < -0.4 is 9.54 Å². The number of alkyl halides is 3. The van der Waals surface area contributed by atoms with Gasteiger partial charge < -0.3 is 14.2 Å². The van der Waals surface area contributed by atoms with Gasteiger partial charge in [0.2, 0.25) is 0 Å². The molecule has 0 spiro atoms. The number of ether oxygens (including phenoxy) is 1. The number of hydrogen-bond acceptors (Lipinski definition) is 4. The topological polar surface area (TPSA) is 46.8 Å². The molecule has 1 aliphatic heterocycles. The van der Waals surface area contributed by atoms with E-state index in [0.29, 0.717) is 17.3 Å². The van der Waals surface area contributed by atoms with Gasteiger partial charge in [0.05, 0.1) is 11.1 Å². The summed E-state index contributed by atoms with van der Waals surface area (Å²) in [6, 6.07) is 3.24. The minimum Gasteiger partial charge on any atom is -0.491 e. The standard InChI is InChI=1S/C23H28F3N3O2S/c1-14-15(2)32-22(29(14)12-16-6-7-16)27-21(30)19-11-17(23(24,25)26)8-9-20(19)31-13-18-5-4-10-28(18)3/h8-9,11,16,18H,4-7,10,12-13H2,1-3H3/b27-22-/t18-/m0/s1. The number of nitrogens with zero attached hydrogens (tertiary/aromatic N) is 3. The van der Waals surface area contributed by atoms with Crippen LogP contribution in [0.25, 0.3) is 0 Å². The number of amides is 1. The number of benzene rings is 1. The van der Waals surface area contributed by atoms with Crippen molar-refractivity contribution in [2.75, 3.05) is 20.2 Å². The van der Waals surface area contributed by atoms with E-state index in [9.17, 15) is 18.0 Å². The minimum absolute atomic E-state index is 0.144. The number of aryl methyl sites for hydroxylation is 1. The Morgan fingerprint density at radius 1 is 1.25 bits per heavy atom. The number of likely N-dealkylation sites (tertiary alicyclic amines) is 1. The molecule has 1 aromatic carbocycles. The lowest BCUT2D eigenvalue weighted by atomic mass is 10.1. The predicted octanol–water partition coefficient (Wildman–Crippen LogP) is 4.81. The molecule has 5 nitrogen and oxygen atoms in total. The van der Waals surface area contributed by atoms with Gasteiger partial charge in [-0.25, -0.2) is 0 Å². The van der Waals surface area contributed by atoms with Gasteiger partial charge in [-0.2, -0.15) is 18.2 Å². The Labute approximate surface area is 189 Å². The Balaban J connectivity index is 1.68. The summed E-state index contributed by atoms with van der Waals surface area (Å²) in [6.45, 7) is 6.00. The Morgan fingerprint density at radius 3 is 2.62 bits per heavy atom. The average Bonchev–Trinajstić information content (AvgIpc) is 3.41. The van der Waals surface area contributed by atoms with Crippen LogP contribution in [0.4, 0.5) is 13.2 Å². The first kappa shape index (κ1) is 23.0. The molecule has 0 bridgehead atoms. The molecule has 1 amide bonds. The van der Waals surface area contributed by atoms with E-state index in [1.54, 1.807) is 0 Å². The number of halogens is 3. The van der Waals surface area contributed by atoms with Crippen molar-refractivity contribution in [3.05, 3.63) is 44.7 Å². The van der Waals surface area contributed by atoms with Gasteiger partial charge in [-0.15, -0.1) is 11.3 Å². The normalized spacial score (nSPS) is 20.2. The van der Waals surface area contributed by atoms with Crippen molar-refractivity contribution in [2.45, 2.75) is 58.3 Å². The monoisotopic (exact) mass is 467 g/mol. The molecule has 32 heavy (non-hydrogen) atoms. The van der Waals surface area contributed by atoms with Gasteiger partial charge in [0.25, 0.3) is 5.91 Å². The highest BCUT2D eigenvalue weighted by atomic mass is 32.1. The quantitative estimate of drug-likeness (QED) is 0.613. The lowest BCUT2D eigenvalue weighted by Crippen LogP contribution is -2.30. The predicted molar refractivity (Wildman–Crippen MR) is 117 cm³/mol. The zero-order valence-electron chi connectivity index (χ0n) is 18.5. The highest BCUT2D eigenvalue weighted by molar-refractivity contribution is 7.09. The molecule has 1 aromatic heterocycles. The van der Waals surface area contributed by atoms with Crippen molar-refractivity contribution in [1.82, 2.24) is 9.47 Å². The minimum atomic E-state index is -4.55. The van der Waals surface area contributed by atoms with Gasteiger partial charge in [0.1, 0.15) is 12.4 Å². The Hall–Kier alpha value is -2.13. The van der Waals surface area contributed by atoms with E-state index in [0.717, 1.165) is 61.5 Å². The number of rotatable bonds is 6. The van der Waals surface area contributed by atoms with Crippen molar-refractivity contribution in [3.63, 3.8) is 0 Å². The number of hydrogen-bond donors (Lipinski definition) is 0. The lowest BCUT2D eigenvalue weighted by molar-refractivity contribution is -0.137. The molecule has 2 fully saturated rings. The number of carbonyl (C=O) groups excluding carboxylic acids is 1. The SMILES string of the molecule is Cc1s/c(=N\C(=O)c2cc(C(F)(F)F)ccc2OC[C@@H]2CCCN2C)n(CC2CC2)c1C. The Kier molecular flexibility index (Phi) is 6.49. The van der Waals surface area contributed by atoms with E-state index in [-0.39, 0.29) is 17.4 Å². The van der Waals surface area contributed by atoms with Crippen molar-refractivity contribution in [2.24, 2.45) is 10.9 Å². The molecule has 1 aliphatic carbocycles. The van der Waals surface area contributed by atoms with Crippen LogP contribution in [0, 0.1) is 19.8 Å². The Bertz CT molecular complexity index is 1070. The molecule has 1 saturated carbocycles. The van der Waals surface area contributed by atoms with Crippen LogP contribution in [0.1, 0.15) is 52.2 Å². The number of aromatic nitrogens is 1. The van der Waals surface area contributed by atoms with Crippen molar-refractivity contribution in [3.8, 4) is 5.75 Å². The summed E-state index contributed by atoms with van der Waals surface area (Å²) in [7, 11) is 2.00. The first-order valence-corrected chi connectivity index (χ1v) is 11.8. The summed E-state index contributed by atoms with van der Waals surface area (Å²) in [5.41, 5.74) is 0.00571. The van der Waals surface area contributed by atoms with E-state index in [1.807, 2.05) is 25.5 Å². The molecule has 9 heteroatoms. The first-order valence-electron chi connectivity index (χ1n) is 10.9. The zero-order valence-corrected chi connectivity index (χ0v) is 19.4. The summed E-state index contributed by atoms with van der Waals surface area (Å²) in [5.74, 6) is 0.00933. The van der Waals surface area contributed by atoms with Crippen molar-refractivity contribution < 1.29 is 22.7 Å². The zero-order chi connectivity index (χ0) is 23.0. The summed E-state index contributed by atoms with van der Waals surface area (Å²) >= 11 is 1.39. The third kappa shape index (κ3) is 5.09. The third-order valence-electron chi connectivity index (χ3n) is 6.36. The number of thiazole rings is 1. The summed E-state index contributed by atoms with van der Waals surface area (Å²) < 4.78 is 47.9. The summed E-state index contributed by atoms with van der Waals surface area (Å²) in [6.07, 6.45) is -0.246. The Morgan fingerprint density at radius 2 is 2.00 bits per heavy atom. The summed E-state index contributed by atoms with van der Waals surface area (Å²) in [5, 5.41) is 0. The van der Waals surface area contributed by atoms with Crippen LogP contribution in [0.15, 0.2) is 23.2 Å². The number of likely N-dealkylation sites (N-methyl/N-ethyl adjacent to an activating group) is 1. The fourth-order valence-corrected chi connectivity index (χ4v) is 4.96. The maximum atomic E-state index is 13.4. The second kappa shape index (κ2) is 9.02. The molecule has 2 heterocycles. The fourth-order valence-electron chi connectivity index (χ4n) is 3.98. The molecule has 2 aromatic rings. The van der Waals surface area contributed by atoms with Gasteiger partial charge in [-0.05, 0) is 77.2 Å². The van der Waals surface area contributed by atoms with Gasteiger partial charge >= 0.3 is 6.18 Å². The third-order valence-corrected chi connectivity index (χ3v) is 7.46. The van der Waals surface area contributed by atoms with Gasteiger partial charge in [-0.3, -0.25) is 4.79 Å². The lowest BCUT2D eigenvalue weighted by Gasteiger charge is -2.20. The van der Waals surface area contributed by atoms with Gasteiger partial charge in [0.15, 0.2) is 4.80 Å². The molecular weight excluding hydrogens is 439 g/mol. The fraction of sp³-hybridized carbons (Fsp3) is 0.565. The molecule has 0 N–H and O–H groups in total. The van der Waals surface area contributed by atoms with Gasteiger partial charge in [-0.1, -0.05) is 0 Å². The van der Waals surface area contributed by atoms with E-state index >= 15 is 0 Å². The molecule has 0 radical (unpaired) electrons. The van der Waals surface area contributed by atoms with E-state index in [1.165, 1.54) is 17.4 Å². The van der Waals surface area contributed by atoms with Gasteiger partial charge in [0, 0.05) is 23.2 Å². The maximum Gasteiger partial charge on any atom is 0.416 e. The molecule has 4 rings (SSSR count). The molecule has 2 aliphatic rings. The van der Waals surface area contributed by atoms with Crippen molar-refractivity contribution >= 4 is 17.2 Å². The van der Waals surface area contributed by atoms with Crippen molar-refractivity contribution in [1.29, 1.82) is 0 Å². The second-order valence-corrected chi connectivity index (χ2v) is 9.98. The molecule has 174 valence electrons. The molecule has 1 atom stereocenters. The highest BCUT2D eigenvalue weighted by Gasteiger charge is 2.32.